The molecule has 0 heterocycles. The van der Waals surface area contributed by atoms with E-state index in [2.05, 4.69) is 5.32 Å². The molecule has 0 aromatic carbocycles. The van der Waals surface area contributed by atoms with E-state index in [9.17, 15) is 14.4 Å². The van der Waals surface area contributed by atoms with Gasteiger partial charge in [0.25, 0.3) is 0 Å². The summed E-state index contributed by atoms with van der Waals surface area (Å²) >= 11 is 0. The van der Waals surface area contributed by atoms with Gasteiger partial charge in [0, 0.05) is 51.1 Å². The van der Waals surface area contributed by atoms with Crippen LogP contribution in [0, 0.1) is 11.3 Å². The average molecular weight is 315 g/mol. The topological polar surface area (TPSA) is 63.2 Å². The van der Waals surface area contributed by atoms with Crippen molar-refractivity contribution in [2.24, 2.45) is 5.41 Å². The van der Waals surface area contributed by atoms with Crippen LogP contribution in [0.15, 0.2) is 0 Å². The molecule has 0 spiro atoms. The van der Waals surface area contributed by atoms with Gasteiger partial charge in [-0.15, -0.1) is 6.42 Å². The van der Waals surface area contributed by atoms with Crippen molar-refractivity contribution in [3.8, 4) is 0 Å². The van der Waals surface area contributed by atoms with Crippen molar-refractivity contribution < 1.29 is 47.1 Å². The van der Waals surface area contributed by atoms with Gasteiger partial charge in [-0.05, 0) is 12.7 Å². The predicted octanol–water partition coefficient (Wildman–Crippen LogP) is 1.29. The largest absolute Gasteiger partial charge is 0.355 e. The molecule has 5 heteroatoms. The third kappa shape index (κ3) is 7.66. The van der Waals surface area contributed by atoms with Crippen molar-refractivity contribution >= 4 is 18.0 Å². The molecule has 0 fully saturated rings. The van der Waals surface area contributed by atoms with Gasteiger partial charge in [-0.2, -0.15) is 6.92 Å². The van der Waals surface area contributed by atoms with E-state index in [4.69, 9.17) is 0 Å². The van der Waals surface area contributed by atoms with Gasteiger partial charge in [-0.3, -0.25) is 4.79 Å². The standard InChI is InChI=1S/C12H20NO3.Y/c1-9(10(2)15)8-12(3,4)11(16)13-6-5-7-14;/h7H,5-6,8H2,1-4H3,(H,13,16);/q-1;. The molecule has 0 aromatic heterocycles. The molecule has 0 rings (SSSR count). The number of hydrogen-bond acceptors (Lipinski definition) is 3. The molecule has 0 bridgehead atoms. The normalized spacial score (nSPS) is 10.1. The Labute approximate surface area is 128 Å². The van der Waals surface area contributed by atoms with Crippen molar-refractivity contribution in [2.75, 3.05) is 6.54 Å². The number of ketones is 1. The van der Waals surface area contributed by atoms with Gasteiger partial charge in [0.2, 0.25) is 5.91 Å². The van der Waals surface area contributed by atoms with Crippen molar-refractivity contribution in [1.29, 1.82) is 0 Å². The summed E-state index contributed by atoms with van der Waals surface area (Å²) < 4.78 is 0. The van der Waals surface area contributed by atoms with E-state index < -0.39 is 5.41 Å². The number of rotatable bonds is 7. The number of carbonyl (C=O) groups excluding carboxylic acids is 3. The van der Waals surface area contributed by atoms with Crippen LogP contribution < -0.4 is 5.32 Å². The second-order valence-corrected chi connectivity index (χ2v) is 4.61. The number of carbonyl (C=O) groups is 3. The Morgan fingerprint density at radius 2 is 1.88 bits per heavy atom. The fourth-order valence-electron chi connectivity index (χ4n) is 1.35. The van der Waals surface area contributed by atoms with Gasteiger partial charge in [-0.1, -0.05) is 13.8 Å². The minimum absolute atomic E-state index is 0. The zero-order chi connectivity index (χ0) is 12.8. The van der Waals surface area contributed by atoms with Crippen LogP contribution in [-0.4, -0.2) is 24.5 Å². The molecule has 17 heavy (non-hydrogen) atoms. The number of nitrogens with one attached hydrogen (secondary N) is 1. The quantitative estimate of drug-likeness (QED) is 0.437. The minimum atomic E-state index is -0.612. The van der Waals surface area contributed by atoms with Crippen LogP contribution >= 0.6 is 0 Å². The summed E-state index contributed by atoms with van der Waals surface area (Å²) in [5.41, 5.74) is -0.612. The van der Waals surface area contributed by atoms with Crippen molar-refractivity contribution in [3.63, 3.8) is 0 Å². The molecular weight excluding hydrogens is 295 g/mol. The van der Waals surface area contributed by atoms with E-state index in [-0.39, 0.29) is 44.4 Å². The van der Waals surface area contributed by atoms with Crippen LogP contribution in [0.1, 0.15) is 40.5 Å². The first-order valence-electron chi connectivity index (χ1n) is 5.36. The second kappa shape index (κ2) is 8.81. The summed E-state index contributed by atoms with van der Waals surface area (Å²) in [4.78, 5) is 32.9. The third-order valence-corrected chi connectivity index (χ3v) is 2.47. The summed E-state index contributed by atoms with van der Waals surface area (Å²) in [5, 5.41) is 2.67. The van der Waals surface area contributed by atoms with Gasteiger partial charge in [-0.25, -0.2) is 0 Å². The fourth-order valence-corrected chi connectivity index (χ4v) is 1.35. The Hall–Kier alpha value is -0.216. The fraction of sp³-hybridized carbons (Fsp3) is 0.667. The molecule has 0 aromatic rings. The molecule has 0 aliphatic carbocycles. The van der Waals surface area contributed by atoms with E-state index in [1.54, 1.807) is 20.8 Å². The number of aldehydes is 1. The first-order chi connectivity index (χ1) is 7.31. The maximum atomic E-state index is 11.7. The Morgan fingerprint density at radius 1 is 1.35 bits per heavy atom. The SMILES string of the molecule is CC(=O)[C-](C)CC(C)(C)C(=O)NCCC=O.[Y]. The summed E-state index contributed by atoms with van der Waals surface area (Å²) in [6.45, 7) is 7.16. The molecule has 0 saturated heterocycles. The monoisotopic (exact) mass is 315 g/mol. The van der Waals surface area contributed by atoms with E-state index in [1.807, 2.05) is 0 Å². The van der Waals surface area contributed by atoms with Crippen LogP contribution in [0.5, 0.6) is 0 Å². The van der Waals surface area contributed by atoms with Gasteiger partial charge >= 0.3 is 0 Å². The van der Waals surface area contributed by atoms with Gasteiger partial charge in [0.15, 0.2) is 0 Å². The molecule has 1 amide bonds. The summed E-state index contributed by atoms with van der Waals surface area (Å²) in [5.74, 6) is 0.569. The van der Waals surface area contributed by atoms with Crippen molar-refractivity contribution in [2.45, 2.75) is 40.5 Å². The first kappa shape index (κ1) is 19.1. The molecule has 95 valence electrons. The smallest absolute Gasteiger partial charge is 0.223 e. The van der Waals surface area contributed by atoms with Crippen LogP contribution in [-0.2, 0) is 47.1 Å². The van der Waals surface area contributed by atoms with Gasteiger partial charge in [0.05, 0.1) is 0 Å². The molecule has 1 radical (unpaired) electrons. The van der Waals surface area contributed by atoms with Crippen LogP contribution in [0.4, 0.5) is 0 Å². The van der Waals surface area contributed by atoms with Crippen molar-refractivity contribution in [3.05, 3.63) is 5.92 Å². The van der Waals surface area contributed by atoms with Gasteiger partial charge < -0.3 is 20.8 Å². The molecular formula is C12H20NO3Y-. The Balaban J connectivity index is 0. The molecule has 0 aliphatic heterocycles. The van der Waals surface area contributed by atoms with E-state index in [0.717, 1.165) is 6.29 Å². The van der Waals surface area contributed by atoms with E-state index in [1.165, 1.54) is 6.92 Å². The summed E-state index contributed by atoms with van der Waals surface area (Å²) in [6.07, 6.45) is 1.52. The molecule has 1 N–H and O–H groups in total. The molecule has 0 atom stereocenters. The molecule has 0 saturated carbocycles. The Kier molecular flexibility index (Phi) is 9.92. The summed E-state index contributed by atoms with van der Waals surface area (Å²) in [6, 6.07) is 0. The van der Waals surface area contributed by atoms with Gasteiger partial charge in [0.1, 0.15) is 6.29 Å². The Bertz CT molecular complexity index is 277. The first-order valence-corrected chi connectivity index (χ1v) is 5.36. The molecule has 0 aliphatic rings. The molecule has 0 unspecified atom stereocenters. The molecule has 4 nitrogen and oxygen atoms in total. The number of amides is 1. The van der Waals surface area contributed by atoms with Crippen LogP contribution in [0.2, 0.25) is 0 Å². The van der Waals surface area contributed by atoms with Crippen molar-refractivity contribution in [1.82, 2.24) is 5.32 Å². The predicted molar refractivity (Wildman–Crippen MR) is 61.7 cm³/mol. The van der Waals surface area contributed by atoms with Crippen LogP contribution in [0.25, 0.3) is 0 Å². The number of hydrogen-bond donors (Lipinski definition) is 1. The second-order valence-electron chi connectivity index (χ2n) is 4.61. The average Bonchev–Trinajstić information content (AvgIpc) is 2.17. The van der Waals surface area contributed by atoms with Crippen LogP contribution in [0.3, 0.4) is 0 Å². The number of Topliss-reactive ketones (excluding diaryl/α,β-unsaturated/α-hetero) is 1. The van der Waals surface area contributed by atoms with E-state index >= 15 is 0 Å². The van der Waals surface area contributed by atoms with E-state index in [0.29, 0.717) is 25.3 Å². The zero-order valence-corrected chi connectivity index (χ0v) is 13.8. The maximum absolute atomic E-state index is 11.7. The maximum Gasteiger partial charge on any atom is 0.223 e. The summed E-state index contributed by atoms with van der Waals surface area (Å²) in [7, 11) is 0. The third-order valence-electron chi connectivity index (χ3n) is 2.47. The Morgan fingerprint density at radius 3 is 2.29 bits per heavy atom. The zero-order valence-electron chi connectivity index (χ0n) is 11.0. The minimum Gasteiger partial charge on any atom is -0.355 e.